The van der Waals surface area contributed by atoms with Crippen LogP contribution in [-0.4, -0.2) is 10.9 Å². The normalized spacial score (nSPS) is 10.7. The molecule has 0 spiro atoms. The van der Waals surface area contributed by atoms with Gasteiger partial charge in [-0.15, -0.1) is 11.3 Å². The minimum Gasteiger partial charge on any atom is -0.466 e. The number of benzene rings is 1. The molecule has 0 atom stereocenters. The zero-order valence-corrected chi connectivity index (χ0v) is 13.5. The second kappa shape index (κ2) is 6.34. The lowest BCUT2D eigenvalue weighted by molar-refractivity contribution is -0.115. The van der Waals surface area contributed by atoms with Crippen molar-refractivity contribution in [3.63, 3.8) is 0 Å². The van der Waals surface area contributed by atoms with Crippen LogP contribution in [0.1, 0.15) is 17.1 Å². The molecule has 0 saturated carbocycles. The van der Waals surface area contributed by atoms with E-state index in [9.17, 15) is 9.18 Å². The Morgan fingerprint density at radius 3 is 2.87 bits per heavy atom. The molecule has 23 heavy (non-hydrogen) atoms. The molecule has 1 amide bonds. The highest BCUT2D eigenvalue weighted by Gasteiger charge is 2.13. The highest BCUT2D eigenvalue weighted by atomic mass is 32.1. The van der Waals surface area contributed by atoms with Gasteiger partial charge in [-0.25, -0.2) is 9.37 Å². The van der Waals surface area contributed by atoms with Crippen LogP contribution in [0.4, 0.5) is 9.52 Å². The maximum Gasteiger partial charge on any atom is 0.230 e. The van der Waals surface area contributed by atoms with E-state index in [4.69, 9.17) is 4.42 Å². The van der Waals surface area contributed by atoms with Gasteiger partial charge in [-0.1, -0.05) is 12.1 Å². The Kier molecular flexibility index (Phi) is 4.25. The van der Waals surface area contributed by atoms with E-state index in [-0.39, 0.29) is 18.1 Å². The number of carbonyl (C=O) groups is 1. The molecule has 2 heterocycles. The van der Waals surface area contributed by atoms with E-state index in [1.165, 1.54) is 23.5 Å². The van der Waals surface area contributed by atoms with Crippen LogP contribution >= 0.6 is 11.3 Å². The van der Waals surface area contributed by atoms with Crippen LogP contribution < -0.4 is 5.32 Å². The number of nitrogens with one attached hydrogen (secondary N) is 1. The smallest absolute Gasteiger partial charge is 0.230 e. The minimum absolute atomic E-state index is 0.108. The molecule has 0 aliphatic carbocycles. The van der Waals surface area contributed by atoms with Crippen molar-refractivity contribution in [3.05, 3.63) is 58.6 Å². The number of furan rings is 1. The SMILES string of the molecule is Cc1cc(-c2csc(NC(=O)Cc3cccc(F)c3)n2)c(C)o1. The van der Waals surface area contributed by atoms with E-state index < -0.39 is 0 Å². The van der Waals surface area contributed by atoms with E-state index in [2.05, 4.69) is 10.3 Å². The minimum atomic E-state index is -0.349. The van der Waals surface area contributed by atoms with Crippen LogP contribution in [-0.2, 0) is 11.2 Å². The molecule has 4 nitrogen and oxygen atoms in total. The molecule has 3 rings (SSSR count). The fraction of sp³-hybridized carbons (Fsp3) is 0.176. The summed E-state index contributed by atoms with van der Waals surface area (Å²) in [5, 5.41) is 5.13. The van der Waals surface area contributed by atoms with Gasteiger partial charge >= 0.3 is 0 Å². The quantitative estimate of drug-likeness (QED) is 0.774. The maximum atomic E-state index is 13.1. The lowest BCUT2D eigenvalue weighted by atomic mass is 10.1. The molecule has 0 unspecified atom stereocenters. The number of carbonyl (C=O) groups excluding carboxylic acids is 1. The number of hydrogen-bond donors (Lipinski definition) is 1. The van der Waals surface area contributed by atoms with Gasteiger partial charge in [-0.05, 0) is 37.6 Å². The van der Waals surface area contributed by atoms with Gasteiger partial charge in [0.15, 0.2) is 5.13 Å². The summed E-state index contributed by atoms with van der Waals surface area (Å²) < 4.78 is 18.6. The molecule has 0 aliphatic heterocycles. The number of halogens is 1. The number of thiazole rings is 1. The molecule has 0 bridgehead atoms. The number of aryl methyl sites for hydroxylation is 2. The van der Waals surface area contributed by atoms with Crippen molar-refractivity contribution in [3.8, 4) is 11.3 Å². The van der Waals surface area contributed by atoms with Gasteiger partial charge in [0.25, 0.3) is 0 Å². The predicted molar refractivity (Wildman–Crippen MR) is 88.0 cm³/mol. The van der Waals surface area contributed by atoms with Crippen molar-refractivity contribution < 1.29 is 13.6 Å². The second-order valence-corrected chi connectivity index (χ2v) is 6.08. The molecular weight excluding hydrogens is 315 g/mol. The summed E-state index contributed by atoms with van der Waals surface area (Å²) in [6.45, 7) is 3.76. The molecule has 6 heteroatoms. The number of nitrogens with zero attached hydrogens (tertiary/aromatic N) is 1. The Balaban J connectivity index is 1.69. The molecule has 0 saturated heterocycles. The zero-order chi connectivity index (χ0) is 16.4. The molecule has 118 valence electrons. The average Bonchev–Trinajstić information content (AvgIpc) is 3.05. The molecule has 3 aromatic rings. The molecule has 0 fully saturated rings. The summed E-state index contributed by atoms with van der Waals surface area (Å²) in [6.07, 6.45) is 0.108. The summed E-state index contributed by atoms with van der Waals surface area (Å²) in [5.41, 5.74) is 2.32. The molecule has 1 N–H and O–H groups in total. The standard InChI is InChI=1S/C17H15FN2O2S/c1-10-6-14(11(2)22-10)15-9-23-17(19-15)20-16(21)8-12-4-3-5-13(18)7-12/h3-7,9H,8H2,1-2H3,(H,19,20,21). The molecule has 0 radical (unpaired) electrons. The fourth-order valence-electron chi connectivity index (χ4n) is 2.34. The summed E-state index contributed by atoms with van der Waals surface area (Å²) in [6, 6.07) is 7.92. The largest absolute Gasteiger partial charge is 0.466 e. The molecule has 2 aromatic heterocycles. The average molecular weight is 330 g/mol. The molecule has 0 aliphatic rings. The summed E-state index contributed by atoms with van der Waals surface area (Å²) in [4.78, 5) is 16.4. The first kappa shape index (κ1) is 15.4. The lowest BCUT2D eigenvalue weighted by Gasteiger charge is -2.02. The van der Waals surface area contributed by atoms with Gasteiger partial charge in [0, 0.05) is 10.9 Å². The van der Waals surface area contributed by atoms with E-state index in [0.29, 0.717) is 10.7 Å². The highest BCUT2D eigenvalue weighted by molar-refractivity contribution is 7.14. The Labute approximate surface area is 137 Å². The van der Waals surface area contributed by atoms with Crippen molar-refractivity contribution in [2.75, 3.05) is 5.32 Å². The Morgan fingerprint density at radius 2 is 2.17 bits per heavy atom. The summed E-state index contributed by atoms with van der Waals surface area (Å²) >= 11 is 1.35. The number of amides is 1. The van der Waals surface area contributed by atoms with Crippen molar-refractivity contribution >= 4 is 22.4 Å². The van der Waals surface area contributed by atoms with Crippen LogP contribution in [0.3, 0.4) is 0 Å². The van der Waals surface area contributed by atoms with Gasteiger partial charge in [0.2, 0.25) is 5.91 Å². The first-order chi connectivity index (χ1) is 11.0. The van der Waals surface area contributed by atoms with Gasteiger partial charge in [0.1, 0.15) is 17.3 Å². The van der Waals surface area contributed by atoms with E-state index in [1.54, 1.807) is 12.1 Å². The van der Waals surface area contributed by atoms with Crippen LogP contribution in [0.2, 0.25) is 0 Å². The summed E-state index contributed by atoms with van der Waals surface area (Å²) in [7, 11) is 0. The van der Waals surface area contributed by atoms with Gasteiger partial charge in [-0.3, -0.25) is 4.79 Å². The highest BCUT2D eigenvalue weighted by Crippen LogP contribution is 2.29. The first-order valence-corrected chi connectivity index (χ1v) is 7.96. The van der Waals surface area contributed by atoms with Crippen molar-refractivity contribution in [1.82, 2.24) is 4.98 Å². The third-order valence-electron chi connectivity index (χ3n) is 3.32. The monoisotopic (exact) mass is 330 g/mol. The van der Waals surface area contributed by atoms with Crippen molar-refractivity contribution in [1.29, 1.82) is 0 Å². The van der Waals surface area contributed by atoms with Gasteiger partial charge in [0.05, 0.1) is 12.1 Å². The predicted octanol–water partition coefficient (Wildman–Crippen LogP) is 4.34. The summed E-state index contributed by atoms with van der Waals surface area (Å²) in [5.74, 6) is 1.04. The number of anilines is 1. The van der Waals surface area contributed by atoms with Crippen LogP contribution in [0.15, 0.2) is 40.1 Å². The first-order valence-electron chi connectivity index (χ1n) is 7.08. The molecular formula is C17H15FN2O2S. The Hall–Kier alpha value is -2.47. The third-order valence-corrected chi connectivity index (χ3v) is 4.08. The number of aromatic nitrogens is 1. The van der Waals surface area contributed by atoms with E-state index in [1.807, 2.05) is 25.3 Å². The van der Waals surface area contributed by atoms with E-state index >= 15 is 0 Å². The topological polar surface area (TPSA) is 55.1 Å². The second-order valence-electron chi connectivity index (χ2n) is 5.22. The zero-order valence-electron chi connectivity index (χ0n) is 12.7. The third kappa shape index (κ3) is 3.65. The van der Waals surface area contributed by atoms with Crippen LogP contribution in [0.25, 0.3) is 11.3 Å². The fourth-order valence-corrected chi connectivity index (χ4v) is 3.06. The van der Waals surface area contributed by atoms with Gasteiger partial charge < -0.3 is 9.73 Å². The Morgan fingerprint density at radius 1 is 1.35 bits per heavy atom. The van der Waals surface area contributed by atoms with Crippen molar-refractivity contribution in [2.24, 2.45) is 0 Å². The van der Waals surface area contributed by atoms with Gasteiger partial charge in [-0.2, -0.15) is 0 Å². The number of hydrogen-bond acceptors (Lipinski definition) is 4. The number of rotatable bonds is 4. The van der Waals surface area contributed by atoms with Crippen LogP contribution in [0, 0.1) is 19.7 Å². The van der Waals surface area contributed by atoms with E-state index in [0.717, 1.165) is 22.8 Å². The maximum absolute atomic E-state index is 13.1. The van der Waals surface area contributed by atoms with Crippen LogP contribution in [0.5, 0.6) is 0 Å². The Bertz CT molecular complexity index is 854. The molecule has 1 aromatic carbocycles. The van der Waals surface area contributed by atoms with Crippen molar-refractivity contribution in [2.45, 2.75) is 20.3 Å². The lowest BCUT2D eigenvalue weighted by Crippen LogP contribution is -2.14.